The van der Waals surface area contributed by atoms with E-state index in [-0.39, 0.29) is 11.9 Å². The molecule has 1 heterocycles. The third-order valence-corrected chi connectivity index (χ3v) is 4.74. The molecule has 4 nitrogen and oxygen atoms in total. The average molecular weight is 355 g/mol. The van der Waals surface area contributed by atoms with Crippen LogP contribution >= 0.6 is 0 Å². The van der Waals surface area contributed by atoms with Crippen molar-refractivity contribution in [3.05, 3.63) is 95.8 Å². The Bertz CT molecular complexity index is 1100. The van der Waals surface area contributed by atoms with Crippen LogP contribution in [-0.4, -0.2) is 15.5 Å². The van der Waals surface area contributed by atoms with Crippen LogP contribution in [0, 0.1) is 6.92 Å². The highest BCUT2D eigenvalue weighted by atomic mass is 16.1. The lowest BCUT2D eigenvalue weighted by molar-refractivity contribution is 0.0940. The van der Waals surface area contributed by atoms with Gasteiger partial charge in [0.25, 0.3) is 5.91 Å². The van der Waals surface area contributed by atoms with E-state index in [1.54, 1.807) is 6.33 Å². The van der Waals surface area contributed by atoms with Gasteiger partial charge in [-0.05, 0) is 55.3 Å². The second-order valence-electron chi connectivity index (χ2n) is 6.76. The number of nitrogens with zero attached hydrogens (tertiary/aromatic N) is 2. The van der Waals surface area contributed by atoms with Crippen LogP contribution in [0.25, 0.3) is 16.7 Å². The topological polar surface area (TPSA) is 46.9 Å². The van der Waals surface area contributed by atoms with Gasteiger partial charge in [-0.25, -0.2) is 4.98 Å². The molecule has 4 aromatic rings. The van der Waals surface area contributed by atoms with E-state index in [4.69, 9.17) is 0 Å². The first kappa shape index (κ1) is 17.0. The van der Waals surface area contributed by atoms with E-state index in [0.29, 0.717) is 5.56 Å². The summed E-state index contributed by atoms with van der Waals surface area (Å²) in [7, 11) is 0. The molecule has 0 aliphatic rings. The highest BCUT2D eigenvalue weighted by Gasteiger charge is 2.13. The molecule has 27 heavy (non-hydrogen) atoms. The second-order valence-corrected chi connectivity index (χ2v) is 6.76. The number of hydrogen-bond donors (Lipinski definition) is 1. The summed E-state index contributed by atoms with van der Waals surface area (Å²) in [6, 6.07) is 23.8. The molecule has 1 N–H and O–H groups in total. The molecule has 0 spiro atoms. The van der Waals surface area contributed by atoms with Crippen molar-refractivity contribution in [1.82, 2.24) is 14.9 Å². The number of imidazole rings is 1. The molecule has 0 saturated heterocycles. The van der Waals surface area contributed by atoms with Gasteiger partial charge in [0.05, 0.1) is 17.1 Å². The molecule has 1 atom stereocenters. The maximum atomic E-state index is 12.6. The van der Waals surface area contributed by atoms with Gasteiger partial charge < -0.3 is 5.32 Å². The van der Waals surface area contributed by atoms with Crippen LogP contribution in [0.15, 0.2) is 79.1 Å². The lowest BCUT2D eigenvalue weighted by Crippen LogP contribution is -2.26. The number of aryl methyl sites for hydroxylation is 1. The number of benzene rings is 3. The fourth-order valence-corrected chi connectivity index (χ4v) is 3.24. The Kier molecular flexibility index (Phi) is 4.47. The largest absolute Gasteiger partial charge is 0.346 e. The lowest BCUT2D eigenvalue weighted by atomic mass is 10.1. The van der Waals surface area contributed by atoms with Gasteiger partial charge in [0.1, 0.15) is 6.33 Å². The molecule has 0 aliphatic heterocycles. The first-order valence-corrected chi connectivity index (χ1v) is 9.02. The summed E-state index contributed by atoms with van der Waals surface area (Å²) < 4.78 is 2.04. The predicted molar refractivity (Wildman–Crippen MR) is 108 cm³/mol. The van der Waals surface area contributed by atoms with Gasteiger partial charge in [-0.1, -0.05) is 42.5 Å². The van der Waals surface area contributed by atoms with E-state index >= 15 is 0 Å². The van der Waals surface area contributed by atoms with Crippen LogP contribution in [0.5, 0.6) is 0 Å². The second kappa shape index (κ2) is 7.08. The van der Waals surface area contributed by atoms with Crippen LogP contribution in [0.3, 0.4) is 0 Å². The fourth-order valence-electron chi connectivity index (χ4n) is 3.24. The third-order valence-electron chi connectivity index (χ3n) is 4.74. The number of fused-ring (bicyclic) bond motifs is 1. The Balaban J connectivity index is 1.60. The van der Waals surface area contributed by atoms with Crippen LogP contribution < -0.4 is 5.32 Å². The molecule has 1 aromatic heterocycles. The Morgan fingerprint density at radius 2 is 1.81 bits per heavy atom. The Morgan fingerprint density at radius 3 is 2.59 bits per heavy atom. The van der Waals surface area contributed by atoms with E-state index in [0.717, 1.165) is 22.3 Å². The molecule has 3 aromatic carbocycles. The number of carbonyl (C=O) groups excluding carboxylic acids is 1. The van der Waals surface area contributed by atoms with Crippen LogP contribution in [0.2, 0.25) is 0 Å². The SMILES string of the molecule is Cc1cccc(-n2cnc3cc(C(=O)NC(C)c4ccccc4)ccc32)c1. The van der Waals surface area contributed by atoms with Crippen molar-refractivity contribution in [3.8, 4) is 5.69 Å². The number of aromatic nitrogens is 2. The fraction of sp³-hybridized carbons (Fsp3) is 0.130. The summed E-state index contributed by atoms with van der Waals surface area (Å²) in [6.07, 6.45) is 1.80. The first-order chi connectivity index (χ1) is 13.1. The summed E-state index contributed by atoms with van der Waals surface area (Å²) in [5, 5.41) is 3.05. The van der Waals surface area contributed by atoms with Crippen molar-refractivity contribution in [3.63, 3.8) is 0 Å². The molecular weight excluding hydrogens is 334 g/mol. The molecule has 1 unspecified atom stereocenters. The van der Waals surface area contributed by atoms with Gasteiger partial charge in [0.15, 0.2) is 0 Å². The molecule has 134 valence electrons. The maximum absolute atomic E-state index is 12.6. The monoisotopic (exact) mass is 355 g/mol. The molecule has 1 amide bonds. The van der Waals surface area contributed by atoms with Crippen molar-refractivity contribution in [2.75, 3.05) is 0 Å². The zero-order valence-electron chi connectivity index (χ0n) is 15.4. The van der Waals surface area contributed by atoms with Gasteiger partial charge in [-0.15, -0.1) is 0 Å². The van der Waals surface area contributed by atoms with Crippen molar-refractivity contribution >= 4 is 16.9 Å². The minimum atomic E-state index is -0.0987. The lowest BCUT2D eigenvalue weighted by Gasteiger charge is -2.14. The quantitative estimate of drug-likeness (QED) is 0.570. The highest BCUT2D eigenvalue weighted by Crippen LogP contribution is 2.21. The van der Waals surface area contributed by atoms with Crippen LogP contribution in [0.1, 0.15) is 34.5 Å². The normalized spacial score (nSPS) is 12.1. The molecule has 0 fully saturated rings. The summed E-state index contributed by atoms with van der Waals surface area (Å²) in [5.74, 6) is -0.0987. The average Bonchev–Trinajstić information content (AvgIpc) is 3.12. The Hall–Kier alpha value is -3.40. The Morgan fingerprint density at radius 1 is 1.00 bits per heavy atom. The molecule has 0 radical (unpaired) electrons. The van der Waals surface area contributed by atoms with Crippen LogP contribution in [0.4, 0.5) is 0 Å². The Labute approximate surface area is 158 Å². The summed E-state index contributed by atoms with van der Waals surface area (Å²) in [5.41, 5.74) is 5.73. The van der Waals surface area contributed by atoms with Crippen molar-refractivity contribution < 1.29 is 4.79 Å². The number of amides is 1. The summed E-state index contributed by atoms with van der Waals surface area (Å²) in [6.45, 7) is 4.05. The van der Waals surface area contributed by atoms with Gasteiger partial charge in [-0.3, -0.25) is 9.36 Å². The molecule has 0 aliphatic carbocycles. The standard InChI is InChI=1S/C23H21N3O/c1-16-7-6-10-20(13-16)26-15-24-21-14-19(11-12-22(21)26)23(27)25-17(2)18-8-4-3-5-9-18/h3-15,17H,1-2H3,(H,25,27). The van der Waals surface area contributed by atoms with E-state index in [1.807, 2.05) is 66.1 Å². The number of hydrogen-bond acceptors (Lipinski definition) is 2. The van der Waals surface area contributed by atoms with Crippen molar-refractivity contribution in [1.29, 1.82) is 0 Å². The number of carbonyl (C=O) groups is 1. The molecule has 0 bridgehead atoms. The molecule has 4 rings (SSSR count). The zero-order chi connectivity index (χ0) is 18.8. The molecule has 0 saturated carbocycles. The zero-order valence-corrected chi connectivity index (χ0v) is 15.4. The molecule has 4 heteroatoms. The number of rotatable bonds is 4. The summed E-state index contributed by atoms with van der Waals surface area (Å²) in [4.78, 5) is 17.1. The van der Waals surface area contributed by atoms with E-state index in [1.165, 1.54) is 5.56 Å². The van der Waals surface area contributed by atoms with E-state index < -0.39 is 0 Å². The van der Waals surface area contributed by atoms with Gasteiger partial charge in [0.2, 0.25) is 0 Å². The van der Waals surface area contributed by atoms with E-state index in [2.05, 4.69) is 35.4 Å². The minimum absolute atomic E-state index is 0.0563. The highest BCUT2D eigenvalue weighted by molar-refractivity contribution is 5.97. The minimum Gasteiger partial charge on any atom is -0.346 e. The first-order valence-electron chi connectivity index (χ1n) is 9.02. The van der Waals surface area contributed by atoms with Gasteiger partial charge in [-0.2, -0.15) is 0 Å². The van der Waals surface area contributed by atoms with E-state index in [9.17, 15) is 4.79 Å². The predicted octanol–water partition coefficient (Wildman–Crippen LogP) is 4.82. The van der Waals surface area contributed by atoms with Gasteiger partial charge >= 0.3 is 0 Å². The molecular formula is C23H21N3O. The van der Waals surface area contributed by atoms with Crippen molar-refractivity contribution in [2.24, 2.45) is 0 Å². The summed E-state index contributed by atoms with van der Waals surface area (Å²) >= 11 is 0. The smallest absolute Gasteiger partial charge is 0.251 e. The number of nitrogens with one attached hydrogen (secondary N) is 1. The van der Waals surface area contributed by atoms with Crippen molar-refractivity contribution in [2.45, 2.75) is 19.9 Å². The third kappa shape index (κ3) is 3.47. The maximum Gasteiger partial charge on any atom is 0.251 e. The van der Waals surface area contributed by atoms with Crippen LogP contribution in [-0.2, 0) is 0 Å². The van der Waals surface area contributed by atoms with Gasteiger partial charge in [0, 0.05) is 11.3 Å².